The van der Waals surface area contributed by atoms with E-state index in [9.17, 15) is 9.59 Å². The first-order chi connectivity index (χ1) is 13.6. The van der Waals surface area contributed by atoms with Crippen LogP contribution in [0.5, 0.6) is 0 Å². The van der Waals surface area contributed by atoms with Crippen LogP contribution in [0.4, 0.5) is 0 Å². The summed E-state index contributed by atoms with van der Waals surface area (Å²) < 4.78 is 0. The van der Waals surface area contributed by atoms with Crippen molar-refractivity contribution in [1.82, 2.24) is 10.6 Å². The first kappa shape index (κ1) is 24.2. The fourth-order valence-electron chi connectivity index (χ4n) is 3.43. The molecule has 2 amide bonds. The summed E-state index contributed by atoms with van der Waals surface area (Å²) in [6, 6.07) is 7.11. The summed E-state index contributed by atoms with van der Waals surface area (Å²) in [6.45, 7) is 10.0. The van der Waals surface area contributed by atoms with Gasteiger partial charge in [0.2, 0.25) is 0 Å². The van der Waals surface area contributed by atoms with Crippen molar-refractivity contribution in [3.63, 3.8) is 0 Å². The summed E-state index contributed by atoms with van der Waals surface area (Å²) in [4.78, 5) is 25.4. The molecule has 4 heteroatoms. The zero-order chi connectivity index (χ0) is 20.8. The van der Waals surface area contributed by atoms with Crippen LogP contribution in [0.15, 0.2) is 24.3 Å². The molecule has 0 saturated carbocycles. The number of unbranched alkanes of at least 4 members (excludes halogenated alkanes) is 2. The van der Waals surface area contributed by atoms with Gasteiger partial charge >= 0.3 is 0 Å². The zero-order valence-corrected chi connectivity index (χ0v) is 18.4. The molecule has 4 nitrogen and oxygen atoms in total. The van der Waals surface area contributed by atoms with Crippen LogP contribution in [-0.4, -0.2) is 24.9 Å². The third-order valence-electron chi connectivity index (χ3n) is 5.61. The van der Waals surface area contributed by atoms with Crippen molar-refractivity contribution < 1.29 is 9.59 Å². The smallest absolute Gasteiger partial charge is 0.252 e. The van der Waals surface area contributed by atoms with Crippen LogP contribution in [0.25, 0.3) is 0 Å². The van der Waals surface area contributed by atoms with E-state index in [0.29, 0.717) is 36.1 Å². The Morgan fingerprint density at radius 3 is 1.46 bits per heavy atom. The third kappa shape index (κ3) is 8.45. The second kappa shape index (κ2) is 14.2. The molecule has 2 unspecified atom stereocenters. The maximum atomic E-state index is 12.7. The lowest BCUT2D eigenvalue weighted by atomic mass is 9.98. The van der Waals surface area contributed by atoms with Gasteiger partial charge in [0.25, 0.3) is 11.8 Å². The molecule has 0 aliphatic heterocycles. The van der Waals surface area contributed by atoms with Gasteiger partial charge in [-0.05, 0) is 36.8 Å². The molecule has 1 aromatic carbocycles. The molecular weight excluding hydrogens is 348 g/mol. The molecule has 0 bridgehead atoms. The second-order valence-electron chi connectivity index (χ2n) is 7.80. The molecule has 2 N–H and O–H groups in total. The number of carbonyl (C=O) groups excluding carboxylic acids is 2. The average molecular weight is 389 g/mol. The van der Waals surface area contributed by atoms with Crippen molar-refractivity contribution in [3.05, 3.63) is 35.4 Å². The molecule has 1 rings (SSSR count). The van der Waals surface area contributed by atoms with Crippen molar-refractivity contribution in [2.45, 2.75) is 79.1 Å². The van der Waals surface area contributed by atoms with Crippen molar-refractivity contribution in [3.8, 4) is 0 Å². The predicted molar refractivity (Wildman–Crippen MR) is 118 cm³/mol. The molecule has 158 valence electrons. The number of nitrogens with one attached hydrogen (secondary N) is 2. The minimum Gasteiger partial charge on any atom is -0.352 e. The van der Waals surface area contributed by atoms with Crippen LogP contribution in [0.3, 0.4) is 0 Å². The van der Waals surface area contributed by atoms with E-state index >= 15 is 0 Å². The van der Waals surface area contributed by atoms with E-state index in [-0.39, 0.29) is 11.8 Å². The highest BCUT2D eigenvalue weighted by Crippen LogP contribution is 2.14. The summed E-state index contributed by atoms with van der Waals surface area (Å²) in [6.07, 6.45) is 9.08. The molecule has 0 fully saturated rings. The van der Waals surface area contributed by atoms with Crippen LogP contribution in [0, 0.1) is 11.8 Å². The zero-order valence-electron chi connectivity index (χ0n) is 18.4. The largest absolute Gasteiger partial charge is 0.352 e. The first-order valence-corrected chi connectivity index (χ1v) is 11.2. The van der Waals surface area contributed by atoms with E-state index in [0.717, 1.165) is 25.7 Å². The van der Waals surface area contributed by atoms with Gasteiger partial charge in [0.1, 0.15) is 0 Å². The Morgan fingerprint density at radius 1 is 0.750 bits per heavy atom. The first-order valence-electron chi connectivity index (χ1n) is 11.2. The summed E-state index contributed by atoms with van der Waals surface area (Å²) in [5, 5.41) is 6.08. The second-order valence-corrected chi connectivity index (χ2v) is 7.80. The minimum absolute atomic E-state index is 0.154. The topological polar surface area (TPSA) is 58.2 Å². The van der Waals surface area contributed by atoms with Crippen LogP contribution >= 0.6 is 0 Å². The normalized spacial score (nSPS) is 13.0. The number of rotatable bonds is 14. The van der Waals surface area contributed by atoms with Gasteiger partial charge in [-0.1, -0.05) is 78.4 Å². The van der Waals surface area contributed by atoms with E-state index in [1.807, 2.05) is 12.1 Å². The highest BCUT2D eigenvalue weighted by atomic mass is 16.2. The molecule has 0 spiro atoms. The summed E-state index contributed by atoms with van der Waals surface area (Å²) in [5.74, 6) is 0.681. The molecule has 28 heavy (non-hydrogen) atoms. The van der Waals surface area contributed by atoms with Crippen LogP contribution in [-0.2, 0) is 0 Å². The lowest BCUT2D eigenvalue weighted by molar-refractivity contribution is 0.0911. The number of benzene rings is 1. The van der Waals surface area contributed by atoms with Crippen molar-refractivity contribution in [1.29, 1.82) is 0 Å². The average Bonchev–Trinajstić information content (AvgIpc) is 2.73. The van der Waals surface area contributed by atoms with E-state index in [1.54, 1.807) is 12.1 Å². The summed E-state index contributed by atoms with van der Waals surface area (Å²) in [5.41, 5.74) is 0.930. The number of hydrogen-bond donors (Lipinski definition) is 2. The van der Waals surface area contributed by atoms with Gasteiger partial charge in [-0.25, -0.2) is 0 Å². The van der Waals surface area contributed by atoms with Gasteiger partial charge in [0.05, 0.1) is 11.1 Å². The SMILES string of the molecule is CCCCC(CC)CNC(=O)c1ccccc1C(=O)NCC(CC)CCCC. The van der Waals surface area contributed by atoms with Crippen LogP contribution in [0.1, 0.15) is 99.8 Å². The molecule has 0 heterocycles. The highest BCUT2D eigenvalue weighted by molar-refractivity contribution is 6.07. The molecule has 0 aliphatic carbocycles. The summed E-state index contributed by atoms with van der Waals surface area (Å²) in [7, 11) is 0. The fraction of sp³-hybridized carbons (Fsp3) is 0.667. The van der Waals surface area contributed by atoms with E-state index in [1.165, 1.54) is 25.7 Å². The Labute approximate surface area is 171 Å². The van der Waals surface area contributed by atoms with E-state index in [2.05, 4.69) is 38.3 Å². The number of hydrogen-bond acceptors (Lipinski definition) is 2. The summed E-state index contributed by atoms with van der Waals surface area (Å²) >= 11 is 0. The Morgan fingerprint density at radius 2 is 1.14 bits per heavy atom. The number of carbonyl (C=O) groups is 2. The van der Waals surface area contributed by atoms with Gasteiger partial charge in [0, 0.05) is 13.1 Å². The van der Waals surface area contributed by atoms with Gasteiger partial charge in [0.15, 0.2) is 0 Å². The molecule has 0 saturated heterocycles. The van der Waals surface area contributed by atoms with Gasteiger partial charge in [-0.15, -0.1) is 0 Å². The van der Waals surface area contributed by atoms with Gasteiger partial charge in [-0.3, -0.25) is 9.59 Å². The Kier molecular flexibility index (Phi) is 12.3. The van der Waals surface area contributed by atoms with Gasteiger partial charge < -0.3 is 10.6 Å². The lowest BCUT2D eigenvalue weighted by Gasteiger charge is -2.17. The molecular formula is C24H40N2O2. The Bertz CT molecular complexity index is 535. The maximum absolute atomic E-state index is 12.7. The van der Waals surface area contributed by atoms with Gasteiger partial charge in [-0.2, -0.15) is 0 Å². The lowest BCUT2D eigenvalue weighted by Crippen LogP contribution is -2.33. The molecule has 0 radical (unpaired) electrons. The van der Waals surface area contributed by atoms with Crippen molar-refractivity contribution in [2.75, 3.05) is 13.1 Å². The molecule has 1 aromatic rings. The maximum Gasteiger partial charge on any atom is 0.252 e. The van der Waals surface area contributed by atoms with E-state index < -0.39 is 0 Å². The highest BCUT2D eigenvalue weighted by Gasteiger charge is 2.18. The Balaban J connectivity index is 2.69. The predicted octanol–water partition coefficient (Wildman–Crippen LogP) is 5.58. The van der Waals surface area contributed by atoms with Crippen molar-refractivity contribution in [2.24, 2.45) is 11.8 Å². The minimum atomic E-state index is -0.154. The van der Waals surface area contributed by atoms with Crippen molar-refractivity contribution >= 4 is 11.8 Å². The fourth-order valence-corrected chi connectivity index (χ4v) is 3.43. The third-order valence-corrected chi connectivity index (χ3v) is 5.61. The Hall–Kier alpha value is -1.84. The molecule has 0 aromatic heterocycles. The van der Waals surface area contributed by atoms with Crippen LogP contribution in [0.2, 0.25) is 0 Å². The molecule has 2 atom stereocenters. The quantitative estimate of drug-likeness (QED) is 0.437. The molecule has 0 aliphatic rings. The monoisotopic (exact) mass is 388 g/mol. The van der Waals surface area contributed by atoms with Crippen LogP contribution < -0.4 is 10.6 Å². The number of amides is 2. The van der Waals surface area contributed by atoms with E-state index in [4.69, 9.17) is 0 Å². The standard InChI is InChI=1S/C24H40N2O2/c1-5-9-13-19(7-3)17-25-23(27)21-15-11-12-16-22(21)24(28)26-18-20(8-4)14-10-6-2/h11-12,15-16,19-20H,5-10,13-14,17-18H2,1-4H3,(H,25,27)(H,26,28).